The molecule has 4 aromatic rings. The fourth-order valence-corrected chi connectivity index (χ4v) is 6.61. The predicted molar refractivity (Wildman–Crippen MR) is 183 cm³/mol. The summed E-state index contributed by atoms with van der Waals surface area (Å²) in [6.45, 7) is 11.4. The summed E-state index contributed by atoms with van der Waals surface area (Å²) in [6.07, 6.45) is 0.827. The molecule has 2 aromatic heterocycles. The highest BCUT2D eigenvalue weighted by atomic mass is 32.2. The molecular formula is C35H44FN5O5S. The molecule has 1 atom stereocenters. The number of pyridine rings is 2. The zero-order chi connectivity index (χ0) is 33.9. The van der Waals surface area contributed by atoms with E-state index in [1.54, 1.807) is 12.1 Å². The van der Waals surface area contributed by atoms with Crippen LogP contribution in [0.3, 0.4) is 0 Å². The minimum atomic E-state index is -4.44. The van der Waals surface area contributed by atoms with Gasteiger partial charge in [0.05, 0.1) is 17.9 Å². The molecule has 252 valence electrons. The van der Waals surface area contributed by atoms with E-state index >= 15 is 0 Å². The third-order valence-corrected chi connectivity index (χ3v) is 9.03. The lowest BCUT2D eigenvalue weighted by Crippen LogP contribution is -2.41. The topological polar surface area (TPSA) is 137 Å². The number of amides is 1. The number of hydrogen-bond acceptors (Lipinski definition) is 9. The van der Waals surface area contributed by atoms with Crippen LogP contribution in [-0.4, -0.2) is 43.0 Å². The number of halogens is 1. The third kappa shape index (κ3) is 7.99. The quantitative estimate of drug-likeness (QED) is 0.179. The van der Waals surface area contributed by atoms with Gasteiger partial charge in [0.15, 0.2) is 16.6 Å². The first-order chi connectivity index (χ1) is 22.2. The normalized spacial score (nSPS) is 15.9. The number of nitrogens with one attached hydrogen (secondary N) is 1. The number of hydrogen-bond donors (Lipinski definition) is 2. The number of benzene rings is 2. The van der Waals surface area contributed by atoms with Gasteiger partial charge in [-0.15, -0.1) is 0 Å². The molecule has 2 aromatic carbocycles. The van der Waals surface area contributed by atoms with Gasteiger partial charge in [0.1, 0.15) is 24.0 Å². The van der Waals surface area contributed by atoms with Crippen LogP contribution in [0.5, 0.6) is 11.5 Å². The number of anilines is 2. The summed E-state index contributed by atoms with van der Waals surface area (Å²) in [7, 11) is -4.44. The second kappa shape index (κ2) is 13.6. The van der Waals surface area contributed by atoms with Crippen molar-refractivity contribution in [1.82, 2.24) is 14.7 Å². The van der Waals surface area contributed by atoms with Crippen molar-refractivity contribution in [1.29, 1.82) is 0 Å². The summed E-state index contributed by atoms with van der Waals surface area (Å²) >= 11 is 0. The van der Waals surface area contributed by atoms with E-state index in [1.165, 1.54) is 30.3 Å². The first-order valence-corrected chi connectivity index (χ1v) is 16.9. The number of rotatable bonds is 11. The van der Waals surface area contributed by atoms with E-state index in [9.17, 15) is 17.6 Å². The highest BCUT2D eigenvalue weighted by Gasteiger charge is 2.39. The molecule has 1 fully saturated rings. The van der Waals surface area contributed by atoms with Crippen molar-refractivity contribution in [3.8, 4) is 22.8 Å². The summed E-state index contributed by atoms with van der Waals surface area (Å²) in [6, 6.07) is 19.5. The number of carbonyl (C=O) groups is 1. The second-order valence-electron chi connectivity index (χ2n) is 12.9. The molecule has 5 rings (SSSR count). The fraction of sp³-hybridized carbons (Fsp3) is 0.343. The Bertz CT molecular complexity index is 1880. The third-order valence-electron chi connectivity index (χ3n) is 7.80. The molecule has 1 saturated heterocycles. The SMILES string of the molecule is CC(C)COc1cc(F)cc(-c2ccc(C(=O)NS(=O)(=O)c3ccc(OCc4ccccc4)c(N)n3)c(N3C[C@@H](C)CC3(C)C)n2)c1.[HH].[HH]. The number of aromatic nitrogens is 2. The molecule has 12 heteroatoms. The van der Waals surface area contributed by atoms with Crippen molar-refractivity contribution < 1.29 is 29.9 Å². The zero-order valence-electron chi connectivity index (χ0n) is 27.2. The molecule has 0 saturated carbocycles. The Hall–Kier alpha value is -4.71. The molecule has 47 heavy (non-hydrogen) atoms. The van der Waals surface area contributed by atoms with E-state index in [0.29, 0.717) is 30.2 Å². The molecule has 0 aliphatic carbocycles. The Morgan fingerprint density at radius 1 is 1.09 bits per heavy atom. The van der Waals surface area contributed by atoms with E-state index in [-0.39, 0.29) is 44.2 Å². The van der Waals surface area contributed by atoms with Gasteiger partial charge in [0.25, 0.3) is 15.9 Å². The fourth-order valence-electron chi connectivity index (χ4n) is 5.69. The number of sulfonamides is 1. The first-order valence-electron chi connectivity index (χ1n) is 15.4. The lowest BCUT2D eigenvalue weighted by molar-refractivity contribution is 0.0981. The Morgan fingerprint density at radius 2 is 1.83 bits per heavy atom. The van der Waals surface area contributed by atoms with Gasteiger partial charge in [-0.25, -0.2) is 19.1 Å². The van der Waals surface area contributed by atoms with Gasteiger partial charge in [0, 0.05) is 26.6 Å². The maximum atomic E-state index is 14.7. The zero-order valence-corrected chi connectivity index (χ0v) is 28.0. The number of nitrogen functional groups attached to an aromatic ring is 1. The Morgan fingerprint density at radius 3 is 2.49 bits per heavy atom. The predicted octanol–water partition coefficient (Wildman–Crippen LogP) is 6.71. The van der Waals surface area contributed by atoms with E-state index in [2.05, 4.69) is 16.6 Å². The Labute approximate surface area is 278 Å². The summed E-state index contributed by atoms with van der Waals surface area (Å²) in [5.74, 6) is -0.119. The molecule has 0 spiro atoms. The average molecular weight is 666 g/mol. The molecule has 0 radical (unpaired) electrons. The molecule has 0 unspecified atom stereocenters. The molecule has 1 amide bonds. The monoisotopic (exact) mass is 665 g/mol. The number of carbonyl (C=O) groups excluding carboxylic acids is 1. The lowest BCUT2D eigenvalue weighted by Gasteiger charge is -2.34. The number of nitrogens with two attached hydrogens (primary N) is 1. The van der Waals surface area contributed by atoms with Crippen LogP contribution in [0.25, 0.3) is 11.3 Å². The highest BCUT2D eigenvalue weighted by Crippen LogP contribution is 2.39. The molecule has 1 aliphatic heterocycles. The minimum Gasteiger partial charge on any atom is -0.493 e. The van der Waals surface area contributed by atoms with Crippen LogP contribution in [0.15, 0.2) is 77.8 Å². The van der Waals surface area contributed by atoms with Gasteiger partial charge in [-0.2, -0.15) is 8.42 Å². The molecule has 0 bridgehead atoms. The van der Waals surface area contributed by atoms with Gasteiger partial charge >= 0.3 is 0 Å². The second-order valence-corrected chi connectivity index (χ2v) is 14.6. The Kier molecular flexibility index (Phi) is 9.71. The van der Waals surface area contributed by atoms with Crippen LogP contribution in [0, 0.1) is 17.7 Å². The van der Waals surface area contributed by atoms with Crippen molar-refractivity contribution in [3.05, 3.63) is 89.7 Å². The van der Waals surface area contributed by atoms with Crippen molar-refractivity contribution in [2.75, 3.05) is 23.8 Å². The molecule has 10 nitrogen and oxygen atoms in total. The summed E-state index contributed by atoms with van der Waals surface area (Å²) in [5.41, 5.74) is 7.46. The van der Waals surface area contributed by atoms with Gasteiger partial charge in [-0.05, 0) is 74.1 Å². The van der Waals surface area contributed by atoms with E-state index < -0.39 is 32.3 Å². The average Bonchev–Trinajstić information content (AvgIpc) is 3.30. The maximum Gasteiger partial charge on any atom is 0.281 e. The van der Waals surface area contributed by atoms with Crippen LogP contribution in [-0.2, 0) is 16.6 Å². The van der Waals surface area contributed by atoms with Crippen molar-refractivity contribution in [2.24, 2.45) is 11.8 Å². The van der Waals surface area contributed by atoms with Crippen molar-refractivity contribution in [3.63, 3.8) is 0 Å². The van der Waals surface area contributed by atoms with E-state index in [0.717, 1.165) is 12.0 Å². The first kappa shape index (κ1) is 33.6. The van der Waals surface area contributed by atoms with Crippen LogP contribution in [0.2, 0.25) is 0 Å². The highest BCUT2D eigenvalue weighted by molar-refractivity contribution is 7.90. The van der Waals surface area contributed by atoms with Crippen LogP contribution >= 0.6 is 0 Å². The molecular weight excluding hydrogens is 621 g/mol. The standard InChI is InChI=1S/C35H40FN5O5S.2H2/c1-22(2)20-45-27-16-25(15-26(36)17-27)29-12-11-28(33(38-29)41-19-23(3)18-35(41,4)5)34(42)40-47(43,44)31-14-13-30(32(37)39-31)46-21-24-9-7-6-8-10-24;;/h6-17,22-23H,18-21H2,1-5H3,(H2,37,39)(H,40,42);2*1H/t23-;;/m0../s1. The van der Waals surface area contributed by atoms with Crippen LogP contribution in [0.1, 0.15) is 59.8 Å². The number of nitrogens with zero attached hydrogens (tertiary/aromatic N) is 3. The smallest absolute Gasteiger partial charge is 0.281 e. The molecule has 1 aliphatic rings. The van der Waals surface area contributed by atoms with Gasteiger partial charge < -0.3 is 20.1 Å². The van der Waals surface area contributed by atoms with Crippen molar-refractivity contribution in [2.45, 2.75) is 58.2 Å². The van der Waals surface area contributed by atoms with Gasteiger partial charge in [0.2, 0.25) is 0 Å². The molecule has 3 N–H and O–H groups in total. The minimum absolute atomic E-state index is 0. The Balaban J connectivity index is 0.00000325. The molecule has 3 heterocycles. The van der Waals surface area contributed by atoms with Crippen LogP contribution < -0.4 is 24.8 Å². The van der Waals surface area contributed by atoms with E-state index in [4.69, 9.17) is 20.2 Å². The van der Waals surface area contributed by atoms with E-state index in [1.807, 2.05) is 62.9 Å². The number of ether oxygens (including phenoxy) is 2. The van der Waals surface area contributed by atoms with Gasteiger partial charge in [-0.3, -0.25) is 4.79 Å². The summed E-state index contributed by atoms with van der Waals surface area (Å²) in [5, 5.41) is -0.439. The maximum absolute atomic E-state index is 14.7. The lowest BCUT2D eigenvalue weighted by atomic mass is 9.97. The van der Waals surface area contributed by atoms with Gasteiger partial charge in [-0.1, -0.05) is 51.1 Å². The largest absolute Gasteiger partial charge is 0.493 e. The van der Waals surface area contributed by atoms with Crippen LogP contribution in [0.4, 0.5) is 16.0 Å². The summed E-state index contributed by atoms with van der Waals surface area (Å²) < 4.78 is 55.0. The summed E-state index contributed by atoms with van der Waals surface area (Å²) in [4.78, 5) is 24.5. The van der Waals surface area contributed by atoms with Crippen molar-refractivity contribution >= 4 is 27.6 Å².